The summed E-state index contributed by atoms with van der Waals surface area (Å²) in [7, 11) is 0. The smallest absolute Gasteiger partial charge is 0.331 e. The van der Waals surface area contributed by atoms with Gasteiger partial charge in [0, 0.05) is 6.08 Å². The molecule has 1 aromatic carbocycles. The quantitative estimate of drug-likeness (QED) is 0.602. The highest BCUT2D eigenvalue weighted by Crippen LogP contribution is 2.17. The van der Waals surface area contributed by atoms with Crippen molar-refractivity contribution in [2.75, 3.05) is 0 Å². The molecule has 0 amide bonds. The van der Waals surface area contributed by atoms with Crippen molar-refractivity contribution in [2.24, 2.45) is 0 Å². The van der Waals surface area contributed by atoms with E-state index in [-0.39, 0.29) is 0 Å². The molecule has 0 atom stereocenters. The largest absolute Gasteiger partial charge is 0.457 e. The van der Waals surface area contributed by atoms with Gasteiger partial charge in [0.25, 0.3) is 0 Å². The number of ether oxygens (including phenoxy) is 1. The van der Waals surface area contributed by atoms with E-state index in [2.05, 4.69) is 0 Å². The van der Waals surface area contributed by atoms with Gasteiger partial charge in [0.1, 0.15) is 12.3 Å². The SMILES string of the molecule is Cc1cccc(CF)c1/C=C/C(=O)OC(C)(C)C. The molecule has 18 heavy (non-hydrogen) atoms. The Morgan fingerprint density at radius 3 is 2.61 bits per heavy atom. The van der Waals surface area contributed by atoms with E-state index < -0.39 is 18.2 Å². The lowest BCUT2D eigenvalue weighted by atomic mass is 10.0. The number of hydrogen-bond donors (Lipinski definition) is 0. The molecule has 98 valence electrons. The molecule has 0 aliphatic heterocycles. The molecule has 0 fully saturated rings. The second-order valence-electron chi connectivity index (χ2n) is 5.15. The van der Waals surface area contributed by atoms with Crippen LogP contribution in [-0.4, -0.2) is 11.6 Å². The van der Waals surface area contributed by atoms with Gasteiger partial charge < -0.3 is 4.74 Å². The van der Waals surface area contributed by atoms with E-state index in [1.807, 2.05) is 13.0 Å². The van der Waals surface area contributed by atoms with Crippen LogP contribution in [-0.2, 0) is 16.2 Å². The van der Waals surface area contributed by atoms with E-state index in [1.54, 1.807) is 39.0 Å². The summed E-state index contributed by atoms with van der Waals surface area (Å²) in [6.45, 7) is 6.75. The Morgan fingerprint density at radius 1 is 1.39 bits per heavy atom. The summed E-state index contributed by atoms with van der Waals surface area (Å²) in [5.41, 5.74) is 1.74. The first kappa shape index (κ1) is 14.4. The minimum atomic E-state index is -0.546. The molecule has 0 saturated carbocycles. The summed E-state index contributed by atoms with van der Waals surface area (Å²) in [6, 6.07) is 5.39. The third-order valence-electron chi connectivity index (χ3n) is 2.35. The van der Waals surface area contributed by atoms with Gasteiger partial charge in [-0.3, -0.25) is 0 Å². The minimum Gasteiger partial charge on any atom is -0.457 e. The molecule has 0 aliphatic rings. The molecular formula is C15H19FO2. The van der Waals surface area contributed by atoms with Gasteiger partial charge in [0.05, 0.1) is 0 Å². The summed E-state index contributed by atoms with van der Waals surface area (Å²) in [4.78, 5) is 11.5. The van der Waals surface area contributed by atoms with Crippen LogP contribution < -0.4 is 0 Å². The Kier molecular flexibility index (Phi) is 4.65. The number of hydrogen-bond acceptors (Lipinski definition) is 2. The van der Waals surface area contributed by atoms with Crippen molar-refractivity contribution in [1.29, 1.82) is 0 Å². The molecule has 2 nitrogen and oxygen atoms in total. The summed E-state index contributed by atoms with van der Waals surface area (Å²) in [5.74, 6) is -0.421. The maximum absolute atomic E-state index is 12.8. The molecule has 0 aromatic heterocycles. The number of aryl methyl sites for hydroxylation is 1. The van der Waals surface area contributed by atoms with Crippen LogP contribution in [0.25, 0.3) is 6.08 Å². The van der Waals surface area contributed by atoms with Crippen LogP contribution in [0.4, 0.5) is 4.39 Å². The standard InChI is InChI=1S/C15H19FO2/c1-11-6-5-7-12(10-16)13(11)8-9-14(17)18-15(2,3)4/h5-9H,10H2,1-4H3/b9-8+. The summed E-state index contributed by atoms with van der Waals surface area (Å²) >= 11 is 0. The van der Waals surface area contributed by atoms with E-state index in [0.717, 1.165) is 11.1 Å². The summed E-state index contributed by atoms with van der Waals surface area (Å²) in [5, 5.41) is 0. The number of rotatable bonds is 3. The number of carbonyl (C=O) groups is 1. The zero-order chi connectivity index (χ0) is 13.8. The van der Waals surface area contributed by atoms with Crippen LogP contribution in [0.1, 0.15) is 37.5 Å². The van der Waals surface area contributed by atoms with Crippen LogP contribution in [0, 0.1) is 6.92 Å². The van der Waals surface area contributed by atoms with Gasteiger partial charge in [-0.2, -0.15) is 0 Å². The van der Waals surface area contributed by atoms with Crippen molar-refractivity contribution in [3.63, 3.8) is 0 Å². The normalized spacial score (nSPS) is 11.8. The zero-order valence-corrected chi connectivity index (χ0v) is 11.3. The number of benzene rings is 1. The summed E-state index contributed by atoms with van der Waals surface area (Å²) in [6.07, 6.45) is 2.95. The van der Waals surface area contributed by atoms with Crippen LogP contribution in [0.15, 0.2) is 24.3 Å². The fourth-order valence-electron chi connectivity index (χ4n) is 1.58. The van der Waals surface area contributed by atoms with E-state index in [1.165, 1.54) is 6.08 Å². The minimum absolute atomic E-state index is 0.421. The third kappa shape index (κ3) is 4.32. The monoisotopic (exact) mass is 250 g/mol. The highest BCUT2D eigenvalue weighted by Gasteiger charge is 2.14. The molecule has 0 aliphatic carbocycles. The number of alkyl halides is 1. The average molecular weight is 250 g/mol. The van der Waals surface area contributed by atoms with E-state index in [0.29, 0.717) is 5.56 Å². The molecule has 0 bridgehead atoms. The molecule has 0 heterocycles. The maximum atomic E-state index is 12.8. The molecule has 0 saturated heterocycles. The molecule has 0 spiro atoms. The second-order valence-corrected chi connectivity index (χ2v) is 5.15. The van der Waals surface area contributed by atoms with Crippen molar-refractivity contribution < 1.29 is 13.9 Å². The van der Waals surface area contributed by atoms with Crippen LogP contribution >= 0.6 is 0 Å². The molecule has 1 aromatic rings. The van der Waals surface area contributed by atoms with Crippen LogP contribution in [0.2, 0.25) is 0 Å². The molecule has 3 heteroatoms. The van der Waals surface area contributed by atoms with E-state index in [4.69, 9.17) is 4.74 Å². The second kappa shape index (κ2) is 5.80. The average Bonchev–Trinajstić information content (AvgIpc) is 2.24. The van der Waals surface area contributed by atoms with E-state index in [9.17, 15) is 9.18 Å². The Hall–Kier alpha value is -1.64. The molecular weight excluding hydrogens is 231 g/mol. The topological polar surface area (TPSA) is 26.3 Å². The van der Waals surface area contributed by atoms with E-state index >= 15 is 0 Å². The summed E-state index contributed by atoms with van der Waals surface area (Å²) < 4.78 is 18.0. The van der Waals surface area contributed by atoms with Gasteiger partial charge in [-0.1, -0.05) is 18.2 Å². The first-order valence-electron chi connectivity index (χ1n) is 5.89. The Morgan fingerprint density at radius 2 is 2.06 bits per heavy atom. The zero-order valence-electron chi connectivity index (χ0n) is 11.3. The lowest BCUT2D eigenvalue weighted by Crippen LogP contribution is -2.22. The first-order valence-corrected chi connectivity index (χ1v) is 5.89. The molecule has 0 N–H and O–H groups in total. The van der Waals surface area contributed by atoms with Gasteiger partial charge in [-0.25, -0.2) is 9.18 Å². The van der Waals surface area contributed by atoms with Crippen molar-refractivity contribution in [1.82, 2.24) is 0 Å². The predicted molar refractivity (Wildman–Crippen MR) is 70.9 cm³/mol. The number of carbonyl (C=O) groups excluding carboxylic acids is 1. The maximum Gasteiger partial charge on any atom is 0.331 e. The van der Waals surface area contributed by atoms with Crippen molar-refractivity contribution in [2.45, 2.75) is 40.0 Å². The highest BCUT2D eigenvalue weighted by atomic mass is 19.1. The van der Waals surface area contributed by atoms with Gasteiger partial charge >= 0.3 is 5.97 Å². The van der Waals surface area contributed by atoms with Crippen molar-refractivity contribution >= 4 is 12.0 Å². The Balaban J connectivity index is 2.88. The fourth-order valence-corrected chi connectivity index (χ4v) is 1.58. The highest BCUT2D eigenvalue weighted by molar-refractivity contribution is 5.87. The number of esters is 1. The van der Waals surface area contributed by atoms with Gasteiger partial charge in [0.15, 0.2) is 0 Å². The fraction of sp³-hybridized carbons (Fsp3) is 0.400. The Bertz CT molecular complexity index is 456. The molecule has 1 rings (SSSR count). The first-order chi connectivity index (χ1) is 8.33. The van der Waals surface area contributed by atoms with Crippen molar-refractivity contribution in [3.8, 4) is 0 Å². The lowest BCUT2D eigenvalue weighted by Gasteiger charge is -2.18. The third-order valence-corrected chi connectivity index (χ3v) is 2.35. The lowest BCUT2D eigenvalue weighted by molar-refractivity contribution is -0.148. The van der Waals surface area contributed by atoms with Gasteiger partial charge in [-0.05, 0) is 50.5 Å². The van der Waals surface area contributed by atoms with Crippen LogP contribution in [0.3, 0.4) is 0 Å². The molecule has 0 radical (unpaired) electrons. The Labute approximate surface area is 107 Å². The molecule has 0 unspecified atom stereocenters. The van der Waals surface area contributed by atoms with Crippen LogP contribution in [0.5, 0.6) is 0 Å². The predicted octanol–water partition coefficient (Wildman–Crippen LogP) is 3.82. The van der Waals surface area contributed by atoms with Crippen molar-refractivity contribution in [3.05, 3.63) is 41.0 Å². The van der Waals surface area contributed by atoms with Gasteiger partial charge in [0.2, 0.25) is 0 Å². The van der Waals surface area contributed by atoms with Gasteiger partial charge in [-0.15, -0.1) is 0 Å². The number of halogens is 1.